The van der Waals surface area contributed by atoms with E-state index in [2.05, 4.69) is 10.2 Å². The second-order valence-corrected chi connectivity index (χ2v) is 6.80. The van der Waals surface area contributed by atoms with Gasteiger partial charge in [-0.2, -0.15) is 0 Å². The van der Waals surface area contributed by atoms with Crippen molar-refractivity contribution in [3.63, 3.8) is 0 Å². The molecule has 1 fully saturated rings. The van der Waals surface area contributed by atoms with Crippen LogP contribution in [0.3, 0.4) is 0 Å². The predicted octanol–water partition coefficient (Wildman–Crippen LogP) is 2.99. The minimum Gasteiger partial charge on any atom is -0.492 e. The molecule has 150 valence electrons. The number of rotatable bonds is 7. The first-order valence-electron chi connectivity index (χ1n) is 9.43. The number of nitrogens with zero attached hydrogens (tertiary/aromatic N) is 2. The number of piperazine rings is 1. The van der Waals surface area contributed by atoms with Gasteiger partial charge in [0, 0.05) is 32.7 Å². The summed E-state index contributed by atoms with van der Waals surface area (Å²) >= 11 is 0. The molecule has 0 bridgehead atoms. The fourth-order valence-corrected chi connectivity index (χ4v) is 3.19. The van der Waals surface area contributed by atoms with Gasteiger partial charge in [0.25, 0.3) is 0 Å². The van der Waals surface area contributed by atoms with Crippen molar-refractivity contribution >= 4 is 11.6 Å². The van der Waals surface area contributed by atoms with Crippen LogP contribution in [0.4, 0.5) is 14.5 Å². The number of nitrogens with one attached hydrogen (secondary N) is 1. The Balaban J connectivity index is 1.43. The first-order valence-corrected chi connectivity index (χ1v) is 9.43. The Morgan fingerprint density at radius 1 is 1.04 bits per heavy atom. The second kappa shape index (κ2) is 9.61. The molecule has 1 aliphatic rings. The lowest BCUT2D eigenvalue weighted by Gasteiger charge is -2.37. The van der Waals surface area contributed by atoms with Crippen LogP contribution in [-0.2, 0) is 4.79 Å². The van der Waals surface area contributed by atoms with Crippen LogP contribution in [0.2, 0.25) is 0 Å². The summed E-state index contributed by atoms with van der Waals surface area (Å²) in [5.74, 6) is -1.11. The van der Waals surface area contributed by atoms with E-state index in [1.807, 2.05) is 35.2 Å². The topological polar surface area (TPSA) is 44.8 Å². The minimum absolute atomic E-state index is 0.393. The van der Waals surface area contributed by atoms with E-state index in [1.54, 1.807) is 6.92 Å². The van der Waals surface area contributed by atoms with Gasteiger partial charge in [-0.05, 0) is 31.2 Å². The van der Waals surface area contributed by atoms with Gasteiger partial charge in [-0.3, -0.25) is 14.6 Å². The molecule has 1 atom stereocenters. The Morgan fingerprint density at radius 2 is 1.68 bits per heavy atom. The zero-order valence-electron chi connectivity index (χ0n) is 15.9. The number of ether oxygens (including phenoxy) is 1. The molecule has 1 aliphatic heterocycles. The molecule has 5 nitrogen and oxygen atoms in total. The largest absolute Gasteiger partial charge is 0.492 e. The van der Waals surface area contributed by atoms with E-state index < -0.39 is 29.3 Å². The monoisotopic (exact) mass is 389 g/mol. The van der Waals surface area contributed by atoms with Crippen molar-refractivity contribution in [3.8, 4) is 5.75 Å². The van der Waals surface area contributed by atoms with Crippen LogP contribution in [0.15, 0.2) is 48.5 Å². The molecule has 2 aromatic carbocycles. The summed E-state index contributed by atoms with van der Waals surface area (Å²) in [4.78, 5) is 16.7. The van der Waals surface area contributed by atoms with Crippen molar-refractivity contribution < 1.29 is 18.3 Å². The smallest absolute Gasteiger partial charge is 0.241 e. The molecule has 2 aromatic rings. The van der Waals surface area contributed by atoms with Crippen molar-refractivity contribution in [1.82, 2.24) is 9.80 Å². The fraction of sp³-hybridized carbons (Fsp3) is 0.381. The number of hydrogen-bond acceptors (Lipinski definition) is 4. The lowest BCUT2D eigenvalue weighted by atomic mass is 10.2. The Kier molecular flexibility index (Phi) is 6.95. The number of carbonyl (C=O) groups excluding carboxylic acids is 1. The lowest BCUT2D eigenvalue weighted by molar-refractivity contribution is -0.121. The first kappa shape index (κ1) is 20.2. The summed E-state index contributed by atoms with van der Waals surface area (Å²) in [6, 6.07) is 12.7. The van der Waals surface area contributed by atoms with Gasteiger partial charge >= 0.3 is 0 Å². The molecule has 0 spiro atoms. The molecule has 1 unspecified atom stereocenters. The minimum atomic E-state index is -0.774. The molecule has 1 N–H and O–H groups in total. The molecular weight excluding hydrogens is 364 g/mol. The van der Waals surface area contributed by atoms with Gasteiger partial charge in [-0.1, -0.05) is 24.3 Å². The van der Waals surface area contributed by atoms with Crippen LogP contribution in [0.1, 0.15) is 6.92 Å². The van der Waals surface area contributed by atoms with E-state index in [0.29, 0.717) is 19.7 Å². The molecule has 1 saturated heterocycles. The lowest BCUT2D eigenvalue weighted by Crippen LogP contribution is -2.53. The van der Waals surface area contributed by atoms with E-state index in [4.69, 9.17) is 4.74 Å². The molecule has 1 amide bonds. The number of benzene rings is 2. The molecule has 0 saturated carbocycles. The zero-order valence-corrected chi connectivity index (χ0v) is 15.9. The summed E-state index contributed by atoms with van der Waals surface area (Å²) in [7, 11) is 0. The molecule has 3 rings (SSSR count). The number of carbonyl (C=O) groups is 1. The van der Waals surface area contributed by atoms with Gasteiger partial charge < -0.3 is 10.1 Å². The summed E-state index contributed by atoms with van der Waals surface area (Å²) in [5.41, 5.74) is -0.393. The highest BCUT2D eigenvalue weighted by atomic mass is 19.1. The number of para-hydroxylation sites is 2. The third-order valence-electron chi connectivity index (χ3n) is 4.96. The molecular formula is C21H25F2N3O2. The first-order chi connectivity index (χ1) is 13.5. The van der Waals surface area contributed by atoms with Gasteiger partial charge in [-0.25, -0.2) is 8.78 Å². The maximum Gasteiger partial charge on any atom is 0.241 e. The van der Waals surface area contributed by atoms with Crippen LogP contribution < -0.4 is 10.1 Å². The Labute approximate surface area is 163 Å². The quantitative estimate of drug-likeness (QED) is 0.791. The maximum atomic E-state index is 13.7. The van der Waals surface area contributed by atoms with E-state index >= 15 is 0 Å². The summed E-state index contributed by atoms with van der Waals surface area (Å²) in [6.45, 7) is 6.20. The van der Waals surface area contributed by atoms with E-state index in [0.717, 1.165) is 37.5 Å². The Hall–Kier alpha value is -2.51. The van der Waals surface area contributed by atoms with Crippen LogP contribution in [0.5, 0.6) is 5.75 Å². The van der Waals surface area contributed by atoms with Crippen molar-refractivity contribution in [2.75, 3.05) is 44.6 Å². The summed E-state index contributed by atoms with van der Waals surface area (Å²) < 4.78 is 33.2. The summed E-state index contributed by atoms with van der Waals surface area (Å²) in [6.07, 6.45) is 0. The number of hydrogen-bond donors (Lipinski definition) is 1. The number of amides is 1. The molecule has 1 heterocycles. The highest BCUT2D eigenvalue weighted by molar-refractivity contribution is 5.94. The predicted molar refractivity (Wildman–Crippen MR) is 104 cm³/mol. The third-order valence-corrected chi connectivity index (χ3v) is 4.96. The molecule has 28 heavy (non-hydrogen) atoms. The van der Waals surface area contributed by atoms with E-state index in [9.17, 15) is 13.6 Å². The second-order valence-electron chi connectivity index (χ2n) is 6.80. The van der Waals surface area contributed by atoms with E-state index in [-0.39, 0.29) is 0 Å². The van der Waals surface area contributed by atoms with Crippen molar-refractivity contribution in [3.05, 3.63) is 60.2 Å². The molecule has 0 aromatic heterocycles. The highest BCUT2D eigenvalue weighted by Crippen LogP contribution is 2.19. The average molecular weight is 389 g/mol. The van der Waals surface area contributed by atoms with Gasteiger partial charge in [0.05, 0.1) is 6.04 Å². The normalized spacial score (nSPS) is 16.5. The van der Waals surface area contributed by atoms with Crippen molar-refractivity contribution in [2.45, 2.75) is 13.0 Å². The van der Waals surface area contributed by atoms with Gasteiger partial charge in [0.2, 0.25) is 5.91 Å². The maximum absolute atomic E-state index is 13.7. The highest BCUT2D eigenvalue weighted by Gasteiger charge is 2.26. The summed E-state index contributed by atoms with van der Waals surface area (Å²) in [5, 5.41) is 2.38. The van der Waals surface area contributed by atoms with Crippen molar-refractivity contribution in [1.29, 1.82) is 0 Å². The number of anilines is 1. The van der Waals surface area contributed by atoms with Crippen molar-refractivity contribution in [2.24, 2.45) is 0 Å². The molecule has 0 aliphatic carbocycles. The van der Waals surface area contributed by atoms with Gasteiger partial charge in [0.15, 0.2) is 0 Å². The van der Waals surface area contributed by atoms with Crippen LogP contribution in [-0.4, -0.2) is 61.1 Å². The van der Waals surface area contributed by atoms with Crippen LogP contribution in [0, 0.1) is 11.6 Å². The Morgan fingerprint density at radius 3 is 2.32 bits per heavy atom. The average Bonchev–Trinajstić information content (AvgIpc) is 2.71. The van der Waals surface area contributed by atoms with E-state index in [1.165, 1.54) is 6.07 Å². The fourth-order valence-electron chi connectivity index (χ4n) is 3.19. The molecule has 0 radical (unpaired) electrons. The molecule has 7 heteroatoms. The standard InChI is InChI=1S/C21H25F2N3O2/c1-16(21(27)24-20-18(22)8-5-9-19(20)23)26-12-10-25(11-13-26)14-15-28-17-6-3-2-4-7-17/h2-9,16H,10-15H2,1H3,(H,24,27). The zero-order chi connectivity index (χ0) is 19.9. The Bertz CT molecular complexity index is 760. The SMILES string of the molecule is CC(C(=O)Nc1c(F)cccc1F)N1CCN(CCOc2ccccc2)CC1. The third kappa shape index (κ3) is 5.27. The number of halogens is 2. The van der Waals surface area contributed by atoms with Gasteiger partial charge in [0.1, 0.15) is 29.7 Å². The van der Waals surface area contributed by atoms with Crippen LogP contribution >= 0.6 is 0 Å². The van der Waals surface area contributed by atoms with Crippen LogP contribution in [0.25, 0.3) is 0 Å². The van der Waals surface area contributed by atoms with Gasteiger partial charge in [-0.15, -0.1) is 0 Å².